The van der Waals surface area contributed by atoms with Crippen molar-refractivity contribution in [3.8, 4) is 0 Å². The van der Waals surface area contributed by atoms with E-state index in [0.29, 0.717) is 0 Å². The van der Waals surface area contributed by atoms with Crippen LogP contribution in [0.25, 0.3) is 0 Å². The van der Waals surface area contributed by atoms with Crippen LogP contribution in [0, 0.1) is 0 Å². The van der Waals surface area contributed by atoms with E-state index < -0.39 is 5.91 Å². The van der Waals surface area contributed by atoms with Crippen molar-refractivity contribution in [3.05, 3.63) is 0 Å². The minimum atomic E-state index is -0.581. The first kappa shape index (κ1) is 13.4. The van der Waals surface area contributed by atoms with Gasteiger partial charge in [-0.1, -0.05) is 0 Å². The Hall–Kier alpha value is -1.63. The normalized spacial score (nSPS) is 9.80. The highest BCUT2D eigenvalue weighted by Crippen LogP contribution is 1.87. The van der Waals surface area contributed by atoms with E-state index in [4.69, 9.17) is 5.73 Å². The van der Waals surface area contributed by atoms with Crippen LogP contribution in [0.1, 0.15) is 0 Å². The number of carbonyl (C=O) groups is 3. The monoisotopic (exact) mass is 216 g/mol. The number of likely N-dealkylation sites (N-methyl/N-ethyl adjacent to an activating group) is 2. The van der Waals surface area contributed by atoms with Gasteiger partial charge in [0.05, 0.1) is 19.6 Å². The van der Waals surface area contributed by atoms with E-state index in [1.165, 1.54) is 19.0 Å². The topological polar surface area (TPSA) is 105 Å². The maximum atomic E-state index is 11.0. The molecule has 4 N–H and O–H groups in total. The van der Waals surface area contributed by atoms with E-state index in [1.54, 1.807) is 0 Å². The number of nitrogens with one attached hydrogen (secondary N) is 2. The average molecular weight is 216 g/mol. The number of hydrogen-bond donors (Lipinski definition) is 3. The number of nitrogens with two attached hydrogens (primary N) is 1. The van der Waals surface area contributed by atoms with Gasteiger partial charge in [-0.3, -0.25) is 19.3 Å². The van der Waals surface area contributed by atoms with E-state index in [1.807, 2.05) is 0 Å². The van der Waals surface area contributed by atoms with E-state index in [0.717, 1.165) is 0 Å². The van der Waals surface area contributed by atoms with Crippen molar-refractivity contribution in [2.75, 3.05) is 33.7 Å². The summed E-state index contributed by atoms with van der Waals surface area (Å²) in [5, 5.41) is 4.79. The second-order valence-corrected chi connectivity index (χ2v) is 2.96. The number of carbonyl (C=O) groups excluding carboxylic acids is 3. The van der Waals surface area contributed by atoms with Gasteiger partial charge in [-0.05, 0) is 0 Å². The smallest absolute Gasteiger partial charge is 0.233 e. The molecule has 0 fully saturated rings. The zero-order valence-corrected chi connectivity index (χ0v) is 8.87. The standard InChI is InChI=1S/C8H16N4O3/c1-10-7(14)4-12(3-6(9)13)5-8(15)11-2/h3-5H2,1-2H3,(H2,9,13)(H,10,14)(H,11,15). The number of amides is 3. The number of hydrogen-bond acceptors (Lipinski definition) is 4. The molecule has 7 nitrogen and oxygen atoms in total. The van der Waals surface area contributed by atoms with E-state index in [-0.39, 0.29) is 31.4 Å². The van der Waals surface area contributed by atoms with Gasteiger partial charge in [0.25, 0.3) is 0 Å². The Labute approximate surface area is 88.0 Å². The van der Waals surface area contributed by atoms with E-state index >= 15 is 0 Å². The molecule has 0 aliphatic heterocycles. The van der Waals surface area contributed by atoms with Gasteiger partial charge in [0.2, 0.25) is 17.7 Å². The summed E-state index contributed by atoms with van der Waals surface area (Å²) in [6, 6.07) is 0. The van der Waals surface area contributed by atoms with Crippen LogP contribution >= 0.6 is 0 Å². The van der Waals surface area contributed by atoms with Crippen LogP contribution in [0.4, 0.5) is 0 Å². The van der Waals surface area contributed by atoms with Crippen LogP contribution in [-0.2, 0) is 14.4 Å². The summed E-state index contributed by atoms with van der Waals surface area (Å²) in [4.78, 5) is 34.1. The molecule has 0 saturated carbocycles. The maximum Gasteiger partial charge on any atom is 0.233 e. The molecule has 0 aromatic rings. The van der Waals surface area contributed by atoms with Crippen LogP contribution in [0.2, 0.25) is 0 Å². The van der Waals surface area contributed by atoms with Crippen LogP contribution in [0.5, 0.6) is 0 Å². The van der Waals surface area contributed by atoms with Crippen molar-refractivity contribution < 1.29 is 14.4 Å². The maximum absolute atomic E-state index is 11.0. The average Bonchev–Trinajstić information content (AvgIpc) is 2.16. The summed E-state index contributed by atoms with van der Waals surface area (Å²) in [6.07, 6.45) is 0. The third-order valence-corrected chi connectivity index (χ3v) is 1.67. The summed E-state index contributed by atoms with van der Waals surface area (Å²) >= 11 is 0. The van der Waals surface area contributed by atoms with Gasteiger partial charge in [-0.2, -0.15) is 0 Å². The largest absolute Gasteiger partial charge is 0.369 e. The highest BCUT2D eigenvalue weighted by molar-refractivity contribution is 5.83. The van der Waals surface area contributed by atoms with Crippen LogP contribution in [0.3, 0.4) is 0 Å². The molecule has 7 heteroatoms. The van der Waals surface area contributed by atoms with Crippen molar-refractivity contribution in [1.82, 2.24) is 15.5 Å². The molecule has 0 aliphatic rings. The second kappa shape index (κ2) is 6.77. The molecule has 0 rings (SSSR count). The lowest BCUT2D eigenvalue weighted by Gasteiger charge is -2.18. The van der Waals surface area contributed by atoms with Crippen molar-refractivity contribution in [3.63, 3.8) is 0 Å². The molecule has 0 saturated heterocycles. The van der Waals surface area contributed by atoms with Gasteiger partial charge in [-0.25, -0.2) is 0 Å². The molecular weight excluding hydrogens is 200 g/mol. The Morgan fingerprint density at radius 1 is 1.00 bits per heavy atom. The Morgan fingerprint density at radius 3 is 1.67 bits per heavy atom. The number of primary amides is 1. The first-order valence-corrected chi connectivity index (χ1v) is 4.41. The fraction of sp³-hybridized carbons (Fsp3) is 0.625. The van der Waals surface area contributed by atoms with Gasteiger partial charge in [0.1, 0.15) is 0 Å². The molecule has 0 spiro atoms. The zero-order chi connectivity index (χ0) is 11.8. The molecule has 86 valence electrons. The Kier molecular flexibility index (Phi) is 6.03. The molecule has 0 bridgehead atoms. The molecular formula is C8H16N4O3. The molecule has 3 amide bonds. The first-order valence-electron chi connectivity index (χ1n) is 4.41. The summed E-state index contributed by atoms with van der Waals surface area (Å²) in [7, 11) is 2.95. The number of rotatable bonds is 6. The lowest BCUT2D eigenvalue weighted by molar-refractivity contribution is -0.126. The summed E-state index contributed by atoms with van der Waals surface area (Å²) in [6.45, 7) is -0.194. The summed E-state index contributed by atoms with van der Waals surface area (Å²) in [5.74, 6) is -1.14. The molecule has 0 aliphatic carbocycles. The first-order chi connectivity index (χ1) is 6.99. The zero-order valence-electron chi connectivity index (χ0n) is 8.87. The Bertz CT molecular complexity index is 236. The highest BCUT2D eigenvalue weighted by Gasteiger charge is 2.14. The van der Waals surface area contributed by atoms with Gasteiger partial charge in [-0.15, -0.1) is 0 Å². The summed E-state index contributed by atoms with van der Waals surface area (Å²) in [5.41, 5.74) is 4.98. The predicted octanol–water partition coefficient (Wildman–Crippen LogP) is -2.73. The third kappa shape index (κ3) is 6.44. The lowest BCUT2D eigenvalue weighted by atomic mass is 10.4. The quantitative estimate of drug-likeness (QED) is 0.448. The van der Waals surface area contributed by atoms with Gasteiger partial charge < -0.3 is 16.4 Å². The Morgan fingerprint density at radius 2 is 1.40 bits per heavy atom. The third-order valence-electron chi connectivity index (χ3n) is 1.67. The van der Waals surface area contributed by atoms with Crippen molar-refractivity contribution in [2.45, 2.75) is 0 Å². The van der Waals surface area contributed by atoms with E-state index in [9.17, 15) is 14.4 Å². The lowest BCUT2D eigenvalue weighted by Crippen LogP contribution is -2.45. The molecule has 0 radical (unpaired) electrons. The molecule has 0 unspecified atom stereocenters. The molecule has 0 heterocycles. The molecule has 0 aromatic carbocycles. The SMILES string of the molecule is CNC(=O)CN(CC(N)=O)CC(=O)NC. The van der Waals surface area contributed by atoms with Gasteiger partial charge >= 0.3 is 0 Å². The second-order valence-electron chi connectivity index (χ2n) is 2.96. The van der Waals surface area contributed by atoms with Crippen LogP contribution in [-0.4, -0.2) is 56.4 Å². The van der Waals surface area contributed by atoms with E-state index in [2.05, 4.69) is 10.6 Å². The minimum absolute atomic E-state index is 0.0349. The van der Waals surface area contributed by atoms with Crippen LogP contribution in [0.15, 0.2) is 0 Å². The molecule has 0 atom stereocenters. The minimum Gasteiger partial charge on any atom is -0.369 e. The van der Waals surface area contributed by atoms with Crippen molar-refractivity contribution in [2.24, 2.45) is 5.73 Å². The van der Waals surface area contributed by atoms with Gasteiger partial charge in [0.15, 0.2) is 0 Å². The predicted molar refractivity (Wildman–Crippen MR) is 53.8 cm³/mol. The van der Waals surface area contributed by atoms with Crippen LogP contribution < -0.4 is 16.4 Å². The van der Waals surface area contributed by atoms with Gasteiger partial charge in [0, 0.05) is 14.1 Å². The highest BCUT2D eigenvalue weighted by atomic mass is 16.2. The fourth-order valence-electron chi connectivity index (χ4n) is 0.952. The van der Waals surface area contributed by atoms with Crippen molar-refractivity contribution >= 4 is 17.7 Å². The molecule has 0 aromatic heterocycles. The molecule has 15 heavy (non-hydrogen) atoms. The van der Waals surface area contributed by atoms with Crippen molar-refractivity contribution in [1.29, 1.82) is 0 Å². The Balaban J connectivity index is 4.23. The number of nitrogens with zero attached hydrogens (tertiary/aromatic N) is 1. The fourth-order valence-corrected chi connectivity index (χ4v) is 0.952. The summed E-state index contributed by atoms with van der Waals surface area (Å²) < 4.78 is 0.